The minimum Gasteiger partial charge on any atom is -0.464 e. The van der Waals surface area contributed by atoms with Gasteiger partial charge in [0.05, 0.1) is 24.0 Å². The molecular weight excluding hydrogens is 334 g/mol. The molecule has 1 aromatic carbocycles. The third-order valence-electron chi connectivity index (χ3n) is 2.91. The Morgan fingerprint density at radius 1 is 1.33 bits per heavy atom. The molecule has 1 aromatic heterocycles. The number of ether oxygens (including phenoxy) is 2. The number of alkyl halides is 3. The quantitative estimate of drug-likeness (QED) is 0.684. The predicted molar refractivity (Wildman–Crippen MR) is 72.9 cm³/mol. The van der Waals surface area contributed by atoms with Crippen LogP contribution in [-0.4, -0.2) is 24.0 Å². The molecule has 2 N–H and O–H groups in total. The SMILES string of the molecule is COC(=O)c1c(N)c(C#N)cn1-c1cc(F)cc(OC(F)(F)F)c1. The van der Waals surface area contributed by atoms with E-state index in [1.807, 2.05) is 0 Å². The van der Waals surface area contributed by atoms with Gasteiger partial charge in [0.15, 0.2) is 5.69 Å². The van der Waals surface area contributed by atoms with E-state index < -0.39 is 23.9 Å². The maximum Gasteiger partial charge on any atom is 0.573 e. The molecular formula is C14H9F4N3O3. The number of hydrogen-bond acceptors (Lipinski definition) is 5. The van der Waals surface area contributed by atoms with Crippen molar-refractivity contribution in [1.29, 1.82) is 5.26 Å². The summed E-state index contributed by atoms with van der Waals surface area (Å²) >= 11 is 0. The van der Waals surface area contributed by atoms with Gasteiger partial charge in [-0.05, 0) is 6.07 Å². The lowest BCUT2D eigenvalue weighted by atomic mass is 10.2. The van der Waals surface area contributed by atoms with Crippen LogP contribution in [0, 0.1) is 17.1 Å². The Kier molecular flexibility index (Phi) is 4.37. The number of aromatic nitrogens is 1. The second-order valence-electron chi connectivity index (χ2n) is 4.47. The summed E-state index contributed by atoms with van der Waals surface area (Å²) in [4.78, 5) is 11.8. The van der Waals surface area contributed by atoms with Gasteiger partial charge in [0.25, 0.3) is 0 Å². The van der Waals surface area contributed by atoms with Crippen molar-refractivity contribution in [2.24, 2.45) is 0 Å². The molecule has 0 amide bonds. The summed E-state index contributed by atoms with van der Waals surface area (Å²) < 4.78 is 59.7. The number of carbonyl (C=O) groups is 1. The zero-order valence-corrected chi connectivity index (χ0v) is 12.0. The van der Waals surface area contributed by atoms with E-state index in [9.17, 15) is 22.4 Å². The van der Waals surface area contributed by atoms with Crippen LogP contribution in [0.1, 0.15) is 16.1 Å². The number of esters is 1. The van der Waals surface area contributed by atoms with Crippen molar-refractivity contribution in [2.45, 2.75) is 6.36 Å². The lowest BCUT2D eigenvalue weighted by Gasteiger charge is -2.12. The summed E-state index contributed by atoms with van der Waals surface area (Å²) in [5, 5.41) is 8.98. The fourth-order valence-corrected chi connectivity index (χ4v) is 2.00. The molecule has 0 spiro atoms. The van der Waals surface area contributed by atoms with Crippen molar-refractivity contribution >= 4 is 11.7 Å². The highest BCUT2D eigenvalue weighted by Crippen LogP contribution is 2.29. The van der Waals surface area contributed by atoms with Crippen molar-refractivity contribution in [2.75, 3.05) is 12.8 Å². The maximum atomic E-state index is 13.6. The van der Waals surface area contributed by atoms with Crippen LogP contribution in [0.4, 0.5) is 23.2 Å². The van der Waals surface area contributed by atoms with E-state index in [4.69, 9.17) is 11.0 Å². The summed E-state index contributed by atoms with van der Waals surface area (Å²) in [5.41, 5.74) is 4.76. The zero-order chi connectivity index (χ0) is 18.1. The zero-order valence-electron chi connectivity index (χ0n) is 12.0. The van der Waals surface area contributed by atoms with Crippen molar-refractivity contribution in [3.8, 4) is 17.5 Å². The van der Waals surface area contributed by atoms with E-state index in [0.717, 1.165) is 30.0 Å². The Balaban J connectivity index is 2.64. The van der Waals surface area contributed by atoms with Gasteiger partial charge in [-0.25, -0.2) is 9.18 Å². The average Bonchev–Trinajstić information content (AvgIpc) is 2.81. The average molecular weight is 343 g/mol. The van der Waals surface area contributed by atoms with E-state index in [1.54, 1.807) is 6.07 Å². The molecule has 0 aliphatic carbocycles. The molecule has 6 nitrogen and oxygen atoms in total. The Morgan fingerprint density at radius 2 is 2.00 bits per heavy atom. The molecule has 0 bridgehead atoms. The first-order valence-corrected chi connectivity index (χ1v) is 6.22. The van der Waals surface area contributed by atoms with E-state index in [0.29, 0.717) is 6.07 Å². The highest BCUT2D eigenvalue weighted by molar-refractivity contribution is 5.95. The molecule has 126 valence electrons. The molecule has 0 saturated heterocycles. The van der Waals surface area contributed by atoms with E-state index in [1.165, 1.54) is 0 Å². The summed E-state index contributed by atoms with van der Waals surface area (Å²) in [6.07, 6.45) is -3.95. The van der Waals surface area contributed by atoms with Crippen molar-refractivity contribution in [1.82, 2.24) is 4.57 Å². The molecule has 0 aliphatic rings. The van der Waals surface area contributed by atoms with Crippen LogP contribution in [0.2, 0.25) is 0 Å². The molecule has 24 heavy (non-hydrogen) atoms. The molecule has 0 atom stereocenters. The monoisotopic (exact) mass is 343 g/mol. The first kappa shape index (κ1) is 17.1. The van der Waals surface area contributed by atoms with Gasteiger partial charge in [-0.1, -0.05) is 0 Å². The molecule has 0 aliphatic heterocycles. The van der Waals surface area contributed by atoms with Gasteiger partial charge in [0.1, 0.15) is 17.6 Å². The van der Waals surface area contributed by atoms with Crippen LogP contribution in [0.25, 0.3) is 5.69 Å². The fraction of sp³-hybridized carbons (Fsp3) is 0.143. The van der Waals surface area contributed by atoms with Crippen molar-refractivity contribution in [3.63, 3.8) is 0 Å². The number of benzene rings is 1. The van der Waals surface area contributed by atoms with Gasteiger partial charge in [0.2, 0.25) is 0 Å². The number of carbonyl (C=O) groups excluding carboxylic acids is 1. The molecule has 0 radical (unpaired) electrons. The third kappa shape index (κ3) is 3.40. The number of rotatable bonds is 3. The number of methoxy groups -OCH3 is 1. The fourth-order valence-electron chi connectivity index (χ4n) is 2.00. The Hall–Kier alpha value is -3.22. The lowest BCUT2D eigenvalue weighted by Crippen LogP contribution is -2.17. The number of nitriles is 1. The number of anilines is 1. The molecule has 0 fully saturated rings. The van der Waals surface area contributed by atoms with Gasteiger partial charge in [0, 0.05) is 18.3 Å². The minimum absolute atomic E-state index is 0.127. The van der Waals surface area contributed by atoms with E-state index >= 15 is 0 Å². The number of halogens is 4. The Morgan fingerprint density at radius 3 is 2.54 bits per heavy atom. The molecule has 0 unspecified atom stereocenters. The van der Waals surface area contributed by atoms with Gasteiger partial charge >= 0.3 is 12.3 Å². The normalized spacial score (nSPS) is 11.0. The van der Waals surface area contributed by atoms with E-state index in [-0.39, 0.29) is 22.6 Å². The summed E-state index contributed by atoms with van der Waals surface area (Å²) in [7, 11) is 1.05. The van der Waals surface area contributed by atoms with Gasteiger partial charge in [-0.15, -0.1) is 13.2 Å². The first-order chi connectivity index (χ1) is 11.2. The Bertz CT molecular complexity index is 837. The van der Waals surface area contributed by atoms with Gasteiger partial charge < -0.3 is 19.8 Å². The maximum absolute atomic E-state index is 13.6. The number of nitrogens with two attached hydrogens (primary N) is 1. The molecule has 2 aromatic rings. The van der Waals surface area contributed by atoms with Crippen LogP contribution in [-0.2, 0) is 4.74 Å². The van der Waals surface area contributed by atoms with Crippen molar-refractivity contribution in [3.05, 3.63) is 41.5 Å². The minimum atomic E-state index is -5.02. The number of hydrogen-bond donors (Lipinski definition) is 1. The van der Waals surface area contributed by atoms with Crippen LogP contribution in [0.5, 0.6) is 5.75 Å². The first-order valence-electron chi connectivity index (χ1n) is 6.22. The largest absolute Gasteiger partial charge is 0.573 e. The predicted octanol–water partition coefficient (Wildman–Crippen LogP) is 2.76. The van der Waals surface area contributed by atoms with Crippen molar-refractivity contribution < 1.29 is 31.8 Å². The topological polar surface area (TPSA) is 90.3 Å². The van der Waals surface area contributed by atoms with Gasteiger partial charge in [-0.3, -0.25) is 0 Å². The second-order valence-corrected chi connectivity index (χ2v) is 4.47. The van der Waals surface area contributed by atoms with Gasteiger partial charge in [-0.2, -0.15) is 5.26 Å². The number of nitrogens with zero attached hydrogens (tertiary/aromatic N) is 2. The summed E-state index contributed by atoms with van der Waals surface area (Å²) in [5.74, 6) is -2.83. The number of nitrogen functional groups attached to an aromatic ring is 1. The highest BCUT2D eigenvalue weighted by Gasteiger charge is 2.31. The van der Waals surface area contributed by atoms with Crippen LogP contribution in [0.15, 0.2) is 24.4 Å². The van der Waals surface area contributed by atoms with Crippen LogP contribution >= 0.6 is 0 Å². The molecule has 1 heterocycles. The lowest BCUT2D eigenvalue weighted by molar-refractivity contribution is -0.274. The standard InChI is InChI=1S/C14H9F4N3O3/c1-23-13(22)12-11(20)7(5-19)6-21(12)9-2-8(15)3-10(4-9)24-14(16,17)18/h2-4,6H,20H2,1H3. The smallest absolute Gasteiger partial charge is 0.464 e. The highest BCUT2D eigenvalue weighted by atomic mass is 19.4. The summed E-state index contributed by atoms with van der Waals surface area (Å²) in [6, 6.07) is 3.91. The summed E-state index contributed by atoms with van der Waals surface area (Å²) in [6.45, 7) is 0. The van der Waals surface area contributed by atoms with E-state index in [2.05, 4.69) is 9.47 Å². The molecule has 2 rings (SSSR count). The second kappa shape index (κ2) is 6.11. The van der Waals surface area contributed by atoms with Crippen LogP contribution in [0.3, 0.4) is 0 Å². The third-order valence-corrected chi connectivity index (χ3v) is 2.91. The Labute approximate surface area is 132 Å². The molecule has 0 saturated carbocycles. The van der Waals surface area contributed by atoms with Crippen LogP contribution < -0.4 is 10.5 Å². The molecule has 10 heteroatoms.